The maximum absolute atomic E-state index is 4.35. The third-order valence-corrected chi connectivity index (χ3v) is 1.92. The number of hydrogen-bond acceptors (Lipinski definition) is 3. The number of nitrogens with zero attached hydrogens (tertiary/aromatic N) is 4. The van der Waals surface area contributed by atoms with Crippen molar-refractivity contribution in [1.29, 1.82) is 0 Å². The highest BCUT2D eigenvalue weighted by atomic mass is 15.4. The molecule has 0 saturated carbocycles. The van der Waals surface area contributed by atoms with Crippen LogP contribution in [0.2, 0.25) is 0 Å². The van der Waals surface area contributed by atoms with Crippen LogP contribution in [0.5, 0.6) is 0 Å². The van der Waals surface area contributed by atoms with E-state index in [-0.39, 0.29) is 5.41 Å². The van der Waals surface area contributed by atoms with Gasteiger partial charge in [-0.15, -0.1) is 9.73 Å². The molecule has 2 heterocycles. The molecule has 2 aromatic rings. The summed E-state index contributed by atoms with van der Waals surface area (Å²) in [5, 5.41) is 8.34. The first-order valence-electron chi connectivity index (χ1n) is 4.25. The molecule has 0 saturated heterocycles. The molecule has 0 fully saturated rings. The molecule has 2 rings (SSSR count). The first-order chi connectivity index (χ1) is 6.07. The van der Waals surface area contributed by atoms with Crippen LogP contribution in [-0.4, -0.2) is 19.8 Å². The highest BCUT2D eigenvalue weighted by molar-refractivity contribution is 5.35. The van der Waals surface area contributed by atoms with E-state index in [1.807, 2.05) is 12.1 Å². The van der Waals surface area contributed by atoms with E-state index >= 15 is 0 Å². The molecule has 0 aliphatic rings. The zero-order chi connectivity index (χ0) is 9.47. The van der Waals surface area contributed by atoms with Crippen molar-refractivity contribution in [3.8, 4) is 0 Å². The summed E-state index contributed by atoms with van der Waals surface area (Å²) in [6, 6.07) is 3.92. The van der Waals surface area contributed by atoms with Crippen molar-refractivity contribution < 1.29 is 0 Å². The predicted molar refractivity (Wildman–Crippen MR) is 49.5 cm³/mol. The summed E-state index contributed by atoms with van der Waals surface area (Å²) in [6.45, 7) is 6.37. The van der Waals surface area contributed by atoms with Crippen LogP contribution in [-0.2, 0) is 5.41 Å². The van der Waals surface area contributed by atoms with Gasteiger partial charge in [-0.05, 0) is 12.1 Å². The van der Waals surface area contributed by atoms with Crippen LogP contribution < -0.4 is 0 Å². The van der Waals surface area contributed by atoms with Gasteiger partial charge in [0, 0.05) is 5.41 Å². The minimum absolute atomic E-state index is 0.0557. The Morgan fingerprint density at radius 1 is 1.23 bits per heavy atom. The molecule has 0 aliphatic carbocycles. The van der Waals surface area contributed by atoms with Crippen molar-refractivity contribution in [1.82, 2.24) is 19.8 Å². The smallest absolute Gasteiger partial charge is 0.176 e. The fourth-order valence-electron chi connectivity index (χ4n) is 1.12. The lowest BCUT2D eigenvalue weighted by Gasteiger charge is -2.16. The minimum atomic E-state index is 0.0557. The third-order valence-electron chi connectivity index (χ3n) is 1.92. The lowest BCUT2D eigenvalue weighted by molar-refractivity contribution is 0.546. The van der Waals surface area contributed by atoms with E-state index in [1.54, 1.807) is 4.63 Å². The summed E-state index contributed by atoms with van der Waals surface area (Å²) >= 11 is 0. The lowest BCUT2D eigenvalue weighted by Crippen LogP contribution is -2.15. The van der Waals surface area contributed by atoms with E-state index < -0.39 is 0 Å². The summed E-state index contributed by atoms with van der Waals surface area (Å²) in [6.07, 6.45) is 1.51. The molecule has 0 spiro atoms. The van der Waals surface area contributed by atoms with Crippen molar-refractivity contribution in [3.05, 3.63) is 24.2 Å². The van der Waals surface area contributed by atoms with Crippen molar-refractivity contribution in [2.75, 3.05) is 0 Å². The fraction of sp³-hybridized carbons (Fsp3) is 0.444. The molecule has 4 heteroatoms. The molecule has 0 amide bonds. The van der Waals surface area contributed by atoms with Crippen LogP contribution in [0.1, 0.15) is 26.5 Å². The van der Waals surface area contributed by atoms with E-state index in [1.165, 1.54) is 6.33 Å². The van der Waals surface area contributed by atoms with Gasteiger partial charge in [0.2, 0.25) is 0 Å². The monoisotopic (exact) mass is 176 g/mol. The topological polar surface area (TPSA) is 43.1 Å². The predicted octanol–water partition coefficient (Wildman–Crippen LogP) is 1.42. The largest absolute Gasteiger partial charge is 0.213 e. The second kappa shape index (κ2) is 2.52. The SMILES string of the molecule is CC(C)(C)c1ccc2ncnn2n1. The summed E-state index contributed by atoms with van der Waals surface area (Å²) in [4.78, 5) is 4.03. The van der Waals surface area contributed by atoms with E-state index in [2.05, 4.69) is 36.0 Å². The molecule has 0 atom stereocenters. The molecule has 0 N–H and O–H groups in total. The van der Waals surface area contributed by atoms with Gasteiger partial charge in [-0.25, -0.2) is 4.98 Å². The van der Waals surface area contributed by atoms with Gasteiger partial charge in [-0.2, -0.15) is 5.10 Å². The molecule has 13 heavy (non-hydrogen) atoms. The highest BCUT2D eigenvalue weighted by Gasteiger charge is 2.15. The Labute approximate surface area is 76.6 Å². The maximum Gasteiger partial charge on any atom is 0.176 e. The van der Waals surface area contributed by atoms with Crippen molar-refractivity contribution in [3.63, 3.8) is 0 Å². The number of rotatable bonds is 0. The zero-order valence-corrected chi connectivity index (χ0v) is 8.02. The average Bonchev–Trinajstić information content (AvgIpc) is 2.47. The normalized spacial score (nSPS) is 12.2. The van der Waals surface area contributed by atoms with Crippen LogP contribution in [0.3, 0.4) is 0 Å². The number of aromatic nitrogens is 4. The zero-order valence-electron chi connectivity index (χ0n) is 8.02. The summed E-state index contributed by atoms with van der Waals surface area (Å²) in [5.74, 6) is 0. The number of hydrogen-bond donors (Lipinski definition) is 0. The van der Waals surface area contributed by atoms with Crippen molar-refractivity contribution >= 4 is 5.65 Å². The van der Waals surface area contributed by atoms with Gasteiger partial charge in [-0.3, -0.25) is 0 Å². The van der Waals surface area contributed by atoms with Gasteiger partial charge in [0.1, 0.15) is 6.33 Å². The maximum atomic E-state index is 4.35. The van der Waals surface area contributed by atoms with Gasteiger partial charge in [0.15, 0.2) is 5.65 Å². The lowest BCUT2D eigenvalue weighted by atomic mass is 9.92. The number of fused-ring (bicyclic) bond motifs is 1. The van der Waals surface area contributed by atoms with E-state index in [9.17, 15) is 0 Å². The molecule has 0 unspecified atom stereocenters. The quantitative estimate of drug-likeness (QED) is 0.609. The van der Waals surface area contributed by atoms with Crippen LogP contribution >= 0.6 is 0 Å². The van der Waals surface area contributed by atoms with Gasteiger partial charge in [-0.1, -0.05) is 20.8 Å². The Bertz CT molecular complexity index is 424. The average molecular weight is 176 g/mol. The Morgan fingerprint density at radius 2 is 2.00 bits per heavy atom. The van der Waals surface area contributed by atoms with Crippen molar-refractivity contribution in [2.24, 2.45) is 0 Å². The Balaban J connectivity index is 2.61. The first kappa shape index (κ1) is 8.16. The molecule has 68 valence electrons. The van der Waals surface area contributed by atoms with Gasteiger partial charge in [0.25, 0.3) is 0 Å². The Kier molecular flexibility index (Phi) is 1.58. The van der Waals surface area contributed by atoms with Gasteiger partial charge in [0.05, 0.1) is 5.69 Å². The van der Waals surface area contributed by atoms with Crippen LogP contribution in [0.4, 0.5) is 0 Å². The minimum Gasteiger partial charge on any atom is -0.213 e. The second-order valence-electron chi connectivity index (χ2n) is 4.08. The molecule has 2 aromatic heterocycles. The van der Waals surface area contributed by atoms with Gasteiger partial charge >= 0.3 is 0 Å². The van der Waals surface area contributed by atoms with Crippen LogP contribution in [0.15, 0.2) is 18.5 Å². The van der Waals surface area contributed by atoms with Crippen LogP contribution in [0, 0.1) is 0 Å². The fourth-order valence-corrected chi connectivity index (χ4v) is 1.12. The third kappa shape index (κ3) is 1.39. The Morgan fingerprint density at radius 3 is 2.69 bits per heavy atom. The summed E-state index contributed by atoms with van der Waals surface area (Å²) in [5.41, 5.74) is 1.86. The summed E-state index contributed by atoms with van der Waals surface area (Å²) in [7, 11) is 0. The molecule has 0 aliphatic heterocycles. The highest BCUT2D eigenvalue weighted by Crippen LogP contribution is 2.19. The Hall–Kier alpha value is -1.45. The molecular formula is C9H12N4. The molecule has 0 radical (unpaired) electrons. The summed E-state index contributed by atoms with van der Waals surface area (Å²) < 4.78 is 1.56. The van der Waals surface area contributed by atoms with E-state index in [0.29, 0.717) is 0 Å². The second-order valence-corrected chi connectivity index (χ2v) is 4.08. The van der Waals surface area contributed by atoms with Gasteiger partial charge < -0.3 is 0 Å². The standard InChI is InChI=1S/C9H12N4/c1-9(2,3)7-4-5-8-10-6-11-13(8)12-7/h4-6H,1-3H3. The van der Waals surface area contributed by atoms with E-state index in [0.717, 1.165) is 11.3 Å². The molecular weight excluding hydrogens is 164 g/mol. The van der Waals surface area contributed by atoms with E-state index in [4.69, 9.17) is 0 Å². The van der Waals surface area contributed by atoms with Crippen molar-refractivity contribution in [2.45, 2.75) is 26.2 Å². The first-order valence-corrected chi connectivity index (χ1v) is 4.25. The molecule has 0 aromatic carbocycles. The van der Waals surface area contributed by atoms with Crippen LogP contribution in [0.25, 0.3) is 5.65 Å². The molecule has 0 bridgehead atoms. The molecule has 4 nitrogen and oxygen atoms in total.